The average Bonchev–Trinajstić information content (AvgIpc) is 3.24. The molecule has 0 spiro atoms. The van der Waals surface area contributed by atoms with Crippen LogP contribution in [0.1, 0.15) is 59.7 Å². The van der Waals surface area contributed by atoms with Gasteiger partial charge in [0.05, 0.1) is 12.9 Å². The number of amides is 3. The number of anilines is 2. The summed E-state index contributed by atoms with van der Waals surface area (Å²) in [6, 6.07) is 7.44. The Morgan fingerprint density at radius 3 is 2.29 bits per heavy atom. The smallest absolute Gasteiger partial charge is 0.277 e. The second-order valence-corrected chi connectivity index (χ2v) is 8.47. The van der Waals surface area contributed by atoms with E-state index in [1.54, 1.807) is 36.0 Å². The molecule has 1 saturated heterocycles. The summed E-state index contributed by atoms with van der Waals surface area (Å²) >= 11 is 0. The van der Waals surface area contributed by atoms with Crippen LogP contribution < -0.4 is 15.5 Å². The van der Waals surface area contributed by atoms with Gasteiger partial charge in [-0.1, -0.05) is 0 Å². The van der Waals surface area contributed by atoms with Crippen molar-refractivity contribution >= 4 is 34.8 Å². The van der Waals surface area contributed by atoms with Gasteiger partial charge in [-0.2, -0.15) is 5.10 Å². The minimum atomic E-state index is -0.664. The second-order valence-electron chi connectivity index (χ2n) is 8.47. The van der Waals surface area contributed by atoms with E-state index in [0.29, 0.717) is 54.3 Å². The number of piperidine rings is 1. The van der Waals surface area contributed by atoms with Crippen LogP contribution in [0.3, 0.4) is 0 Å². The van der Waals surface area contributed by atoms with Crippen molar-refractivity contribution in [1.82, 2.24) is 9.78 Å². The van der Waals surface area contributed by atoms with Crippen molar-refractivity contribution < 1.29 is 19.1 Å². The van der Waals surface area contributed by atoms with E-state index >= 15 is 0 Å². The van der Waals surface area contributed by atoms with Crippen molar-refractivity contribution in [3.8, 4) is 0 Å². The van der Waals surface area contributed by atoms with Crippen LogP contribution in [0.15, 0.2) is 42.2 Å². The number of ether oxygens (including phenoxy) is 1. The molecule has 0 unspecified atom stereocenters. The minimum Gasteiger partial charge on any atom is -0.501 e. The van der Waals surface area contributed by atoms with E-state index in [0.717, 1.165) is 18.5 Å². The molecule has 3 heterocycles. The number of primary amides is 1. The fourth-order valence-corrected chi connectivity index (χ4v) is 4.33. The highest BCUT2D eigenvalue weighted by Gasteiger charge is 2.34. The summed E-state index contributed by atoms with van der Waals surface area (Å²) in [7, 11) is 1.57. The van der Waals surface area contributed by atoms with E-state index in [4.69, 9.17) is 10.5 Å². The van der Waals surface area contributed by atoms with Gasteiger partial charge < -0.3 is 20.3 Å². The number of nitrogens with zero attached hydrogens (tertiary/aromatic N) is 4. The first-order valence-corrected chi connectivity index (χ1v) is 11.4. The summed E-state index contributed by atoms with van der Waals surface area (Å²) in [4.78, 5) is 41.3. The number of fused-ring (bicyclic) bond motifs is 1. The summed E-state index contributed by atoms with van der Waals surface area (Å²) < 4.78 is 6.64. The van der Waals surface area contributed by atoms with E-state index in [1.807, 2.05) is 31.2 Å². The lowest BCUT2D eigenvalue weighted by Crippen LogP contribution is -2.39. The summed E-state index contributed by atoms with van der Waals surface area (Å²) in [5.41, 5.74) is 8.76. The summed E-state index contributed by atoms with van der Waals surface area (Å²) in [5.74, 6) is -0.109. The number of allylic oxidation sites excluding steroid dienone is 4. The third-order valence-corrected chi connectivity index (χ3v) is 6.26. The first-order chi connectivity index (χ1) is 16.3. The zero-order chi connectivity index (χ0) is 24.4. The predicted molar refractivity (Wildman–Crippen MR) is 129 cm³/mol. The number of carbonyl (C=O) groups excluding carboxylic acids is 3. The molecule has 0 atom stereocenters. The number of hydrogen-bond donors (Lipinski definition) is 1. The molecule has 1 aromatic heterocycles. The third-order valence-electron chi connectivity index (χ3n) is 6.26. The zero-order valence-corrected chi connectivity index (χ0v) is 19.7. The molecule has 1 aromatic carbocycles. The van der Waals surface area contributed by atoms with Crippen molar-refractivity contribution in [2.45, 2.75) is 39.5 Å². The highest BCUT2D eigenvalue weighted by atomic mass is 16.5. The molecule has 4 rings (SSSR count). The summed E-state index contributed by atoms with van der Waals surface area (Å²) in [6.45, 7) is 4.71. The molecule has 2 aliphatic rings. The molecule has 0 radical (unpaired) electrons. The van der Waals surface area contributed by atoms with Gasteiger partial charge in [0.2, 0.25) is 5.91 Å². The minimum absolute atomic E-state index is 0.113. The van der Waals surface area contributed by atoms with Crippen molar-refractivity contribution in [2.75, 3.05) is 30.0 Å². The summed E-state index contributed by atoms with van der Waals surface area (Å²) in [5, 5.41) is 4.37. The Morgan fingerprint density at radius 2 is 1.68 bits per heavy atom. The lowest BCUT2D eigenvalue weighted by atomic mass is 10.0. The Kier molecular flexibility index (Phi) is 6.54. The van der Waals surface area contributed by atoms with Gasteiger partial charge in [0.25, 0.3) is 11.8 Å². The Labute approximate surface area is 198 Å². The Morgan fingerprint density at radius 1 is 1.00 bits per heavy atom. The maximum atomic E-state index is 13.6. The maximum absolute atomic E-state index is 13.6. The van der Waals surface area contributed by atoms with Crippen molar-refractivity contribution in [3.63, 3.8) is 0 Å². The molecule has 2 N–H and O–H groups in total. The molecule has 3 amide bonds. The van der Waals surface area contributed by atoms with Gasteiger partial charge in [-0.05, 0) is 69.5 Å². The van der Waals surface area contributed by atoms with Crippen molar-refractivity contribution in [3.05, 3.63) is 59.1 Å². The molecule has 0 bridgehead atoms. The number of carbonyl (C=O) groups is 3. The van der Waals surface area contributed by atoms with Crippen LogP contribution in [0.4, 0.5) is 11.4 Å². The first kappa shape index (κ1) is 23.3. The van der Waals surface area contributed by atoms with Gasteiger partial charge in [-0.25, -0.2) is 4.68 Å². The number of methoxy groups -OCH3 is 1. The molecule has 1 fully saturated rings. The summed E-state index contributed by atoms with van der Waals surface area (Å²) in [6.07, 6.45) is 6.46. The fourth-order valence-electron chi connectivity index (χ4n) is 4.33. The lowest BCUT2D eigenvalue weighted by Gasteiger charge is -2.29. The van der Waals surface area contributed by atoms with Gasteiger partial charge in [0.1, 0.15) is 5.69 Å². The Hall–Kier alpha value is -3.88. The van der Waals surface area contributed by atoms with Gasteiger partial charge in [-0.15, -0.1) is 0 Å². The SMILES string of the molecule is COC(C)=CC=C(C)n1nc(C(N)=O)c2c1C(=O)N(c1ccc(N3CCCCC3=O)cc1)CC2. The van der Waals surface area contributed by atoms with Crippen LogP contribution in [-0.2, 0) is 16.0 Å². The zero-order valence-electron chi connectivity index (χ0n) is 19.7. The van der Waals surface area contributed by atoms with E-state index in [-0.39, 0.29) is 17.5 Å². The average molecular weight is 464 g/mol. The van der Waals surface area contributed by atoms with Gasteiger partial charge in [0.15, 0.2) is 5.69 Å². The number of nitrogens with two attached hydrogens (primary N) is 1. The lowest BCUT2D eigenvalue weighted by molar-refractivity contribution is -0.119. The molecule has 0 saturated carbocycles. The van der Waals surface area contributed by atoms with E-state index in [1.165, 1.54) is 4.68 Å². The number of rotatable bonds is 6. The van der Waals surface area contributed by atoms with Crippen LogP contribution in [-0.4, -0.2) is 47.7 Å². The molecule has 9 nitrogen and oxygen atoms in total. The van der Waals surface area contributed by atoms with Crippen LogP contribution >= 0.6 is 0 Å². The molecular weight excluding hydrogens is 434 g/mol. The molecular formula is C25H29N5O4. The first-order valence-electron chi connectivity index (χ1n) is 11.4. The van der Waals surface area contributed by atoms with Crippen LogP contribution in [0, 0.1) is 0 Å². The molecule has 2 aliphatic heterocycles. The number of benzene rings is 1. The molecule has 178 valence electrons. The molecule has 0 aliphatic carbocycles. The number of hydrogen-bond acceptors (Lipinski definition) is 5. The number of aromatic nitrogens is 2. The standard InChI is InChI=1S/C25H29N5O4/c1-16(7-8-17(2)34-3)30-23-20(22(27-30)24(26)32)13-15-29(25(23)33)19-11-9-18(10-12-19)28-14-5-4-6-21(28)31/h7-12H,4-6,13-15H2,1-3H3,(H2,26,32). The van der Waals surface area contributed by atoms with Crippen LogP contribution in [0.2, 0.25) is 0 Å². The van der Waals surface area contributed by atoms with E-state index in [9.17, 15) is 14.4 Å². The normalized spacial score (nSPS) is 17.1. The predicted octanol–water partition coefficient (Wildman–Crippen LogP) is 3.11. The van der Waals surface area contributed by atoms with Crippen molar-refractivity contribution in [2.24, 2.45) is 5.73 Å². The largest absolute Gasteiger partial charge is 0.501 e. The Balaban J connectivity index is 1.67. The van der Waals surface area contributed by atoms with E-state index in [2.05, 4.69) is 5.10 Å². The topological polar surface area (TPSA) is 111 Å². The highest BCUT2D eigenvalue weighted by Crippen LogP contribution is 2.30. The molecule has 34 heavy (non-hydrogen) atoms. The molecule has 2 aromatic rings. The van der Waals surface area contributed by atoms with Crippen LogP contribution in [0.5, 0.6) is 0 Å². The fraction of sp³-hybridized carbons (Fsp3) is 0.360. The second kappa shape index (κ2) is 9.54. The quantitative estimate of drug-likeness (QED) is 0.523. The Bertz CT molecular complexity index is 1190. The highest BCUT2D eigenvalue weighted by molar-refractivity contribution is 6.10. The van der Waals surface area contributed by atoms with Gasteiger partial charge in [0, 0.05) is 42.1 Å². The molecule has 9 heteroatoms. The maximum Gasteiger partial charge on any atom is 0.277 e. The monoisotopic (exact) mass is 463 g/mol. The third kappa shape index (κ3) is 4.33. The van der Waals surface area contributed by atoms with Crippen molar-refractivity contribution in [1.29, 1.82) is 0 Å². The van der Waals surface area contributed by atoms with E-state index < -0.39 is 5.91 Å². The van der Waals surface area contributed by atoms with Gasteiger partial charge in [-0.3, -0.25) is 14.4 Å². The van der Waals surface area contributed by atoms with Crippen LogP contribution in [0.25, 0.3) is 5.70 Å². The van der Waals surface area contributed by atoms with Gasteiger partial charge >= 0.3 is 0 Å².